The number of rotatable bonds is 8. The fourth-order valence-corrected chi connectivity index (χ4v) is 13.3. The summed E-state index contributed by atoms with van der Waals surface area (Å²) in [6.45, 7) is 0. The molecule has 0 saturated carbocycles. The van der Waals surface area contributed by atoms with Gasteiger partial charge in [-0.2, -0.15) is 129 Å². The van der Waals surface area contributed by atoms with Gasteiger partial charge in [-0.15, -0.1) is 0 Å². The maximum Gasteiger partial charge on any atom is 0.417 e. The van der Waals surface area contributed by atoms with Crippen molar-refractivity contribution in [1.82, 2.24) is 9.13 Å². The Bertz CT molecular complexity index is 5680. The Morgan fingerprint density at radius 2 is 0.444 bits per heavy atom. The highest BCUT2D eigenvalue weighted by molar-refractivity contribution is 6.14. The van der Waals surface area contributed by atoms with Crippen LogP contribution < -0.4 is 0 Å². The summed E-state index contributed by atoms with van der Waals surface area (Å²) in [7, 11) is 0. The molecule has 0 fully saturated rings. The lowest BCUT2D eigenvalue weighted by molar-refractivity contribution is -0.144. The molecule has 0 aliphatic heterocycles. The molecular formula is C77H33F27N4. The van der Waals surface area contributed by atoms with Gasteiger partial charge in [0, 0.05) is 32.7 Å². The van der Waals surface area contributed by atoms with E-state index in [9.17, 15) is 89.6 Å². The maximum absolute atomic E-state index is 15.4. The molecule has 0 bridgehead atoms. The molecule has 2 heterocycles. The second-order valence-electron chi connectivity index (χ2n) is 24.6. The standard InChI is InChI=1S/C77H33F27N4/c78-69(79,80)43-8-14-48(59(30-43)74(93,94)95)38-4-19-64-54(25-38)55-26-39(49-15-9-44(70(81,82)83)31-60(49)75(96,97)98)5-20-65(55)107(64)63-18-2-36(34-105)23-53(63)52-13-3-42(47-12-1-37(35-106)24-58(47)73(90,91)92)29-68(52)108-66-21-6-40(50-16-10-45(71(84,85)86)32-61(50)76(99,100)101)27-56(66)57-28-41(7-22-67(57)108)51-17-11-46(72(87,88)89)33-62(51)77(102,103)104/h1-33H. The van der Waals surface area contributed by atoms with Crippen molar-refractivity contribution in [2.45, 2.75) is 55.6 Å². The molecule has 108 heavy (non-hydrogen) atoms. The molecule has 550 valence electrons. The van der Waals surface area contributed by atoms with Gasteiger partial charge in [0.05, 0.1) is 107 Å². The molecule has 0 saturated heterocycles. The van der Waals surface area contributed by atoms with E-state index in [0.717, 1.165) is 115 Å². The minimum absolute atomic E-state index is 0.175. The molecule has 13 rings (SSSR count). The zero-order valence-electron chi connectivity index (χ0n) is 53.0. The summed E-state index contributed by atoms with van der Waals surface area (Å²) in [5.41, 5.74) is -25.6. The van der Waals surface area contributed by atoms with E-state index >= 15 is 39.5 Å². The summed E-state index contributed by atoms with van der Waals surface area (Å²) in [6, 6.07) is 26.8. The predicted octanol–water partition coefficient (Wildman–Crippen LogP) is 26.8. The molecule has 0 N–H and O–H groups in total. The zero-order valence-corrected chi connectivity index (χ0v) is 53.0. The van der Waals surface area contributed by atoms with Crippen molar-refractivity contribution >= 4 is 43.6 Å². The van der Waals surface area contributed by atoms with E-state index in [4.69, 9.17) is 0 Å². The lowest BCUT2D eigenvalue weighted by Crippen LogP contribution is -2.12. The van der Waals surface area contributed by atoms with Crippen molar-refractivity contribution in [2.75, 3.05) is 0 Å². The number of benzene rings is 11. The van der Waals surface area contributed by atoms with Crippen LogP contribution in [0.4, 0.5) is 119 Å². The van der Waals surface area contributed by atoms with E-state index in [1.807, 2.05) is 6.07 Å². The van der Waals surface area contributed by atoms with Gasteiger partial charge in [-0.05, 0) is 189 Å². The van der Waals surface area contributed by atoms with E-state index in [2.05, 4.69) is 0 Å². The van der Waals surface area contributed by atoms with E-state index in [-0.39, 0.29) is 95.9 Å². The van der Waals surface area contributed by atoms with Gasteiger partial charge in [-0.25, -0.2) is 0 Å². The number of nitrogens with zero attached hydrogens (tertiary/aromatic N) is 4. The fourth-order valence-electron chi connectivity index (χ4n) is 13.3. The lowest BCUT2D eigenvalue weighted by atomic mass is 9.92. The molecule has 0 spiro atoms. The van der Waals surface area contributed by atoms with Crippen LogP contribution in [0, 0.1) is 22.7 Å². The smallest absolute Gasteiger partial charge is 0.309 e. The third kappa shape index (κ3) is 13.6. The molecule has 0 amide bonds. The second kappa shape index (κ2) is 25.4. The first kappa shape index (κ1) is 74.4. The monoisotopic (exact) mass is 1530 g/mol. The molecule has 4 nitrogen and oxygen atoms in total. The molecule has 31 heteroatoms. The third-order valence-electron chi connectivity index (χ3n) is 18.0. The minimum atomic E-state index is -5.57. The molecule has 0 aliphatic rings. The topological polar surface area (TPSA) is 57.4 Å². The van der Waals surface area contributed by atoms with Gasteiger partial charge in [0.1, 0.15) is 0 Å². The largest absolute Gasteiger partial charge is 0.417 e. The van der Waals surface area contributed by atoms with Crippen LogP contribution in [0.2, 0.25) is 0 Å². The van der Waals surface area contributed by atoms with Gasteiger partial charge < -0.3 is 9.13 Å². The second-order valence-corrected chi connectivity index (χ2v) is 24.6. The fraction of sp³-hybridized carbons (Fsp3) is 0.117. The van der Waals surface area contributed by atoms with Crippen LogP contribution >= 0.6 is 0 Å². The summed E-state index contributed by atoms with van der Waals surface area (Å²) in [6.07, 6.45) is -48.9. The van der Waals surface area contributed by atoms with E-state index in [1.54, 1.807) is 6.07 Å². The van der Waals surface area contributed by atoms with Gasteiger partial charge >= 0.3 is 55.6 Å². The predicted molar refractivity (Wildman–Crippen MR) is 342 cm³/mol. The molecule has 0 unspecified atom stereocenters. The number of alkyl halides is 27. The van der Waals surface area contributed by atoms with Crippen LogP contribution in [0.1, 0.15) is 61.2 Å². The molecule has 2 aromatic heterocycles. The minimum Gasteiger partial charge on any atom is -0.309 e. The van der Waals surface area contributed by atoms with Crippen LogP contribution in [0.3, 0.4) is 0 Å². The Hall–Kier alpha value is -11.9. The summed E-state index contributed by atoms with van der Waals surface area (Å²) in [4.78, 5) is 0. The van der Waals surface area contributed by atoms with Gasteiger partial charge in [0.15, 0.2) is 0 Å². The third-order valence-corrected chi connectivity index (χ3v) is 18.0. The van der Waals surface area contributed by atoms with E-state index < -0.39 is 167 Å². The SMILES string of the molecule is N#Cc1ccc(-n2c3ccc(-c4ccc(C(F)(F)F)cc4C(F)(F)F)cc3c3cc(-c4ccc(C(F)(F)F)cc4C(F)(F)F)ccc32)c(-c2ccc(-c3ccc(C#N)cc3C(F)(F)F)cc2-n2c3ccc(-c4ccc(C(F)(F)F)cc4C(F)(F)F)cc3c3cc(-c4ccc(C(F)(F)F)cc4C(F)(F)F)ccc32)c1. The van der Waals surface area contributed by atoms with Gasteiger partial charge in [0.2, 0.25) is 0 Å². The normalized spacial score (nSPS) is 13.1. The molecule has 13 aromatic rings. The van der Waals surface area contributed by atoms with E-state index in [1.165, 1.54) is 15.2 Å². The van der Waals surface area contributed by atoms with Crippen molar-refractivity contribution in [2.24, 2.45) is 0 Å². The number of nitriles is 2. The van der Waals surface area contributed by atoms with Crippen molar-refractivity contribution in [3.05, 3.63) is 261 Å². The first-order valence-corrected chi connectivity index (χ1v) is 30.8. The average molecular weight is 1530 g/mol. The first-order valence-electron chi connectivity index (χ1n) is 30.8. The van der Waals surface area contributed by atoms with Crippen LogP contribution in [0.15, 0.2) is 200 Å². The lowest BCUT2D eigenvalue weighted by Gasteiger charge is -2.21. The highest BCUT2D eigenvalue weighted by Gasteiger charge is 2.44. The quantitative estimate of drug-likeness (QED) is 0.142. The Kier molecular flexibility index (Phi) is 17.5. The number of fused-ring (bicyclic) bond motifs is 6. The highest BCUT2D eigenvalue weighted by atomic mass is 19.4. The summed E-state index contributed by atoms with van der Waals surface area (Å²) < 4.78 is 398. The number of hydrogen-bond acceptors (Lipinski definition) is 2. The Morgan fingerprint density at radius 1 is 0.204 bits per heavy atom. The highest BCUT2D eigenvalue weighted by Crippen LogP contribution is 2.52. The van der Waals surface area contributed by atoms with Gasteiger partial charge in [0.25, 0.3) is 0 Å². The molecule has 0 atom stereocenters. The molecule has 0 radical (unpaired) electrons. The number of hydrogen-bond donors (Lipinski definition) is 0. The zero-order chi connectivity index (χ0) is 78.5. The molecular weight excluding hydrogens is 1490 g/mol. The summed E-state index contributed by atoms with van der Waals surface area (Å²) in [5, 5.41) is 19.2. The average Bonchev–Trinajstić information content (AvgIpc) is 1.56. The Balaban J connectivity index is 1.16. The van der Waals surface area contributed by atoms with Gasteiger partial charge in [-0.3, -0.25) is 0 Å². The van der Waals surface area contributed by atoms with Crippen molar-refractivity contribution in [3.8, 4) is 90.3 Å². The number of aromatic nitrogens is 2. The van der Waals surface area contributed by atoms with Crippen LogP contribution in [-0.4, -0.2) is 9.13 Å². The Morgan fingerprint density at radius 3 is 0.731 bits per heavy atom. The van der Waals surface area contributed by atoms with Gasteiger partial charge in [-0.1, -0.05) is 66.7 Å². The van der Waals surface area contributed by atoms with Crippen molar-refractivity contribution < 1.29 is 119 Å². The molecule has 11 aromatic carbocycles. The molecule has 0 aliphatic carbocycles. The first-order chi connectivity index (χ1) is 50.1. The summed E-state index contributed by atoms with van der Waals surface area (Å²) >= 11 is 0. The van der Waals surface area contributed by atoms with Crippen LogP contribution in [-0.2, 0) is 55.6 Å². The Labute approximate surface area is 587 Å². The number of halogens is 27. The van der Waals surface area contributed by atoms with Crippen LogP contribution in [0.25, 0.3) is 122 Å². The van der Waals surface area contributed by atoms with E-state index in [0.29, 0.717) is 54.6 Å². The summed E-state index contributed by atoms with van der Waals surface area (Å²) in [5.74, 6) is 0. The van der Waals surface area contributed by atoms with Crippen molar-refractivity contribution in [3.63, 3.8) is 0 Å². The van der Waals surface area contributed by atoms with Crippen molar-refractivity contribution in [1.29, 1.82) is 10.5 Å². The van der Waals surface area contributed by atoms with Crippen LogP contribution in [0.5, 0.6) is 0 Å². The maximum atomic E-state index is 15.4.